The standard InChI is InChI=1S/C19H22N4O4/c1-11-7-14(18(24)25)10-23(9-11)19(26)20-15-4-2-3-13(8-15)16-21-17(27-22-16)12-5-6-12/h2-4,8,11-12,14H,5-7,9-10H2,1H3,(H,20,26)(H,24,25). The minimum absolute atomic E-state index is 0.150. The average molecular weight is 370 g/mol. The summed E-state index contributed by atoms with van der Waals surface area (Å²) in [6, 6.07) is 6.96. The molecule has 2 fully saturated rings. The number of hydrogen-bond acceptors (Lipinski definition) is 5. The van der Waals surface area contributed by atoms with E-state index >= 15 is 0 Å². The zero-order chi connectivity index (χ0) is 19.0. The van der Waals surface area contributed by atoms with Gasteiger partial charge in [0.2, 0.25) is 11.7 Å². The van der Waals surface area contributed by atoms with Gasteiger partial charge in [0.15, 0.2) is 0 Å². The Kier molecular flexibility index (Phi) is 4.55. The van der Waals surface area contributed by atoms with E-state index in [4.69, 9.17) is 4.52 Å². The van der Waals surface area contributed by atoms with Crippen LogP contribution < -0.4 is 5.32 Å². The van der Waals surface area contributed by atoms with Gasteiger partial charge in [0.05, 0.1) is 5.92 Å². The first-order chi connectivity index (χ1) is 13.0. The Morgan fingerprint density at radius 3 is 2.85 bits per heavy atom. The number of nitrogens with one attached hydrogen (secondary N) is 1. The zero-order valence-electron chi connectivity index (χ0n) is 15.1. The zero-order valence-corrected chi connectivity index (χ0v) is 15.1. The molecule has 27 heavy (non-hydrogen) atoms. The van der Waals surface area contributed by atoms with Crippen LogP contribution in [-0.4, -0.2) is 45.2 Å². The van der Waals surface area contributed by atoms with Crippen LogP contribution in [0.3, 0.4) is 0 Å². The summed E-state index contributed by atoms with van der Waals surface area (Å²) in [7, 11) is 0. The fourth-order valence-corrected chi connectivity index (χ4v) is 3.48. The van der Waals surface area contributed by atoms with Crippen LogP contribution in [0.25, 0.3) is 11.4 Å². The third-order valence-corrected chi connectivity index (χ3v) is 5.04. The number of likely N-dealkylation sites (tertiary alicyclic amines) is 1. The maximum Gasteiger partial charge on any atom is 0.321 e. The Morgan fingerprint density at radius 1 is 1.30 bits per heavy atom. The second-order valence-corrected chi connectivity index (χ2v) is 7.52. The Labute approximate surface area is 156 Å². The second kappa shape index (κ2) is 7.02. The molecular formula is C19H22N4O4. The van der Waals surface area contributed by atoms with Gasteiger partial charge in [-0.2, -0.15) is 4.98 Å². The van der Waals surface area contributed by atoms with Crippen molar-refractivity contribution in [3.63, 3.8) is 0 Å². The summed E-state index contributed by atoms with van der Waals surface area (Å²) >= 11 is 0. The van der Waals surface area contributed by atoms with Crippen LogP contribution in [-0.2, 0) is 4.79 Å². The molecule has 2 amide bonds. The van der Waals surface area contributed by atoms with Crippen LogP contribution in [0.15, 0.2) is 28.8 Å². The van der Waals surface area contributed by atoms with E-state index in [0.29, 0.717) is 36.3 Å². The first kappa shape index (κ1) is 17.5. The Bertz CT molecular complexity index is 861. The molecule has 1 aromatic heterocycles. The summed E-state index contributed by atoms with van der Waals surface area (Å²) in [4.78, 5) is 29.9. The van der Waals surface area contributed by atoms with Gasteiger partial charge in [-0.25, -0.2) is 4.79 Å². The van der Waals surface area contributed by atoms with Crippen molar-refractivity contribution in [2.45, 2.75) is 32.1 Å². The number of rotatable bonds is 4. The summed E-state index contributed by atoms with van der Waals surface area (Å²) in [5, 5.41) is 16.1. The highest BCUT2D eigenvalue weighted by atomic mass is 16.5. The third kappa shape index (κ3) is 3.94. The number of carbonyl (C=O) groups is 2. The molecule has 2 atom stereocenters. The molecule has 2 unspecified atom stereocenters. The van der Waals surface area contributed by atoms with E-state index in [9.17, 15) is 14.7 Å². The monoisotopic (exact) mass is 370 g/mol. The lowest BCUT2D eigenvalue weighted by Crippen LogP contribution is -2.47. The molecule has 2 heterocycles. The molecule has 0 bridgehead atoms. The molecule has 8 nitrogen and oxygen atoms in total. The first-order valence-electron chi connectivity index (χ1n) is 9.22. The number of aliphatic carboxylic acids is 1. The van der Waals surface area contributed by atoms with Gasteiger partial charge in [-0.1, -0.05) is 24.2 Å². The quantitative estimate of drug-likeness (QED) is 0.855. The van der Waals surface area contributed by atoms with Gasteiger partial charge >= 0.3 is 12.0 Å². The van der Waals surface area contributed by atoms with Crippen LogP contribution in [0.4, 0.5) is 10.5 Å². The molecule has 1 aliphatic carbocycles. The van der Waals surface area contributed by atoms with E-state index in [0.717, 1.165) is 18.4 Å². The molecule has 142 valence electrons. The molecule has 1 aliphatic heterocycles. The Balaban J connectivity index is 1.45. The van der Waals surface area contributed by atoms with Gasteiger partial charge in [-0.05, 0) is 37.3 Å². The molecule has 1 saturated heterocycles. The predicted molar refractivity (Wildman–Crippen MR) is 97.2 cm³/mol. The summed E-state index contributed by atoms with van der Waals surface area (Å²) in [6.45, 7) is 2.73. The molecule has 2 N–H and O–H groups in total. The number of nitrogens with zero attached hydrogens (tertiary/aromatic N) is 3. The number of amides is 2. The van der Waals surface area contributed by atoms with Crippen LogP contribution in [0.5, 0.6) is 0 Å². The number of urea groups is 1. The first-order valence-corrected chi connectivity index (χ1v) is 9.22. The lowest BCUT2D eigenvalue weighted by Gasteiger charge is -2.34. The number of anilines is 1. The molecule has 1 aromatic carbocycles. The smallest absolute Gasteiger partial charge is 0.321 e. The summed E-state index contributed by atoms with van der Waals surface area (Å²) in [6.07, 6.45) is 2.77. The largest absolute Gasteiger partial charge is 0.481 e. The second-order valence-electron chi connectivity index (χ2n) is 7.52. The van der Waals surface area contributed by atoms with Gasteiger partial charge in [0.1, 0.15) is 0 Å². The van der Waals surface area contributed by atoms with Gasteiger partial charge < -0.3 is 19.8 Å². The van der Waals surface area contributed by atoms with Crippen molar-refractivity contribution in [3.05, 3.63) is 30.2 Å². The maximum atomic E-state index is 12.6. The SMILES string of the molecule is CC1CC(C(=O)O)CN(C(=O)Nc2cccc(-c3noc(C4CC4)n3)c2)C1. The number of piperidine rings is 1. The van der Waals surface area contributed by atoms with E-state index in [1.807, 2.05) is 19.1 Å². The highest BCUT2D eigenvalue weighted by Crippen LogP contribution is 2.39. The van der Waals surface area contributed by atoms with Gasteiger partial charge in [-0.3, -0.25) is 4.79 Å². The van der Waals surface area contributed by atoms with E-state index < -0.39 is 11.9 Å². The Hall–Kier alpha value is -2.90. The normalized spacial score (nSPS) is 22.5. The molecule has 0 radical (unpaired) electrons. The molecule has 8 heteroatoms. The van der Waals surface area contributed by atoms with Crippen molar-refractivity contribution in [1.82, 2.24) is 15.0 Å². The number of hydrogen-bond donors (Lipinski definition) is 2. The highest BCUT2D eigenvalue weighted by molar-refractivity contribution is 5.90. The van der Waals surface area contributed by atoms with E-state index in [2.05, 4.69) is 15.5 Å². The van der Waals surface area contributed by atoms with E-state index in [1.54, 1.807) is 17.0 Å². The number of benzene rings is 1. The van der Waals surface area contributed by atoms with Crippen molar-refractivity contribution >= 4 is 17.7 Å². The van der Waals surface area contributed by atoms with Crippen molar-refractivity contribution in [1.29, 1.82) is 0 Å². The van der Waals surface area contributed by atoms with Crippen LogP contribution in [0, 0.1) is 11.8 Å². The molecule has 2 aromatic rings. The topological polar surface area (TPSA) is 109 Å². The number of carbonyl (C=O) groups excluding carboxylic acids is 1. The van der Waals surface area contributed by atoms with Gasteiger partial charge in [-0.15, -0.1) is 0 Å². The van der Waals surface area contributed by atoms with Crippen LogP contribution in [0.2, 0.25) is 0 Å². The summed E-state index contributed by atoms with van der Waals surface area (Å²) in [5.74, 6) is 0.331. The molecule has 4 rings (SSSR count). The summed E-state index contributed by atoms with van der Waals surface area (Å²) < 4.78 is 5.29. The molecule has 1 saturated carbocycles. The number of carboxylic acids is 1. The summed E-state index contributed by atoms with van der Waals surface area (Å²) in [5.41, 5.74) is 1.37. The van der Waals surface area contributed by atoms with E-state index in [1.165, 1.54) is 0 Å². The maximum absolute atomic E-state index is 12.6. The van der Waals surface area contributed by atoms with Crippen molar-refractivity contribution in [3.8, 4) is 11.4 Å². The van der Waals surface area contributed by atoms with Crippen molar-refractivity contribution in [2.75, 3.05) is 18.4 Å². The fraction of sp³-hybridized carbons (Fsp3) is 0.474. The van der Waals surface area contributed by atoms with Gasteiger partial charge in [0.25, 0.3) is 0 Å². The van der Waals surface area contributed by atoms with Crippen molar-refractivity contribution in [2.24, 2.45) is 11.8 Å². The van der Waals surface area contributed by atoms with Gasteiger partial charge in [0, 0.05) is 30.3 Å². The number of aromatic nitrogens is 2. The minimum Gasteiger partial charge on any atom is -0.481 e. The Morgan fingerprint density at radius 2 is 2.11 bits per heavy atom. The molecule has 0 spiro atoms. The predicted octanol–water partition coefficient (Wildman–Crippen LogP) is 3.19. The molecule has 2 aliphatic rings. The lowest BCUT2D eigenvalue weighted by molar-refractivity contribution is -0.143. The van der Waals surface area contributed by atoms with Crippen molar-refractivity contribution < 1.29 is 19.2 Å². The minimum atomic E-state index is -0.857. The van der Waals surface area contributed by atoms with Crippen LogP contribution in [0.1, 0.15) is 38.0 Å². The third-order valence-electron chi connectivity index (χ3n) is 5.04. The average Bonchev–Trinajstić information content (AvgIpc) is 3.38. The van der Waals surface area contributed by atoms with Crippen LogP contribution >= 0.6 is 0 Å². The lowest BCUT2D eigenvalue weighted by atomic mass is 9.91. The highest BCUT2D eigenvalue weighted by Gasteiger charge is 2.32. The van der Waals surface area contributed by atoms with E-state index in [-0.39, 0.29) is 18.5 Å². The fourth-order valence-electron chi connectivity index (χ4n) is 3.48. The molecular weight excluding hydrogens is 348 g/mol. The number of carboxylic acid groups (broad SMARTS) is 1.